The van der Waals surface area contributed by atoms with Gasteiger partial charge in [-0.1, -0.05) is 42.5 Å². The maximum atomic E-state index is 12.7. The Morgan fingerprint density at radius 2 is 2.03 bits per heavy atom. The molecule has 0 saturated carbocycles. The highest BCUT2D eigenvalue weighted by molar-refractivity contribution is 6.31. The van der Waals surface area contributed by atoms with E-state index in [9.17, 15) is 9.59 Å². The summed E-state index contributed by atoms with van der Waals surface area (Å²) in [5.41, 5.74) is 6.00. The summed E-state index contributed by atoms with van der Waals surface area (Å²) < 4.78 is 11.0. The summed E-state index contributed by atoms with van der Waals surface area (Å²) in [6.45, 7) is 2.08. The van der Waals surface area contributed by atoms with E-state index in [4.69, 9.17) is 9.47 Å². The lowest BCUT2D eigenvalue weighted by Gasteiger charge is -2.22. The molecule has 2 aromatic carbocycles. The number of allylic oxidation sites excluding steroid dienone is 1. The van der Waals surface area contributed by atoms with Crippen LogP contribution in [0.4, 0.5) is 0 Å². The highest BCUT2D eigenvalue weighted by Gasteiger charge is 2.33. The average Bonchev–Trinajstić information content (AvgIpc) is 3.43. The number of Topliss-reactive ketones (excluding diaryl/α,β-unsaturated/α-hetero) is 1. The van der Waals surface area contributed by atoms with E-state index in [1.165, 1.54) is 7.11 Å². The molecule has 0 N–H and O–H groups in total. The molecule has 2 aliphatic heterocycles. The van der Waals surface area contributed by atoms with Crippen molar-refractivity contribution in [3.8, 4) is 0 Å². The minimum atomic E-state index is -0.158. The summed E-state index contributed by atoms with van der Waals surface area (Å²) in [5.74, 6) is 0.670. The molecule has 29 heavy (non-hydrogen) atoms. The van der Waals surface area contributed by atoms with Gasteiger partial charge in [-0.25, -0.2) is 0 Å². The number of fused-ring (bicyclic) bond motifs is 2. The number of nitrogens with zero attached hydrogens (tertiary/aromatic N) is 1. The molecule has 0 unspecified atom stereocenters. The molecule has 1 atom stereocenters. The quantitative estimate of drug-likeness (QED) is 0.595. The molecule has 1 fully saturated rings. The number of likely N-dealkylation sites (tertiary alicyclic amines) is 1. The Hall–Kier alpha value is -2.92. The summed E-state index contributed by atoms with van der Waals surface area (Å²) in [4.78, 5) is 26.8. The lowest BCUT2D eigenvalue weighted by Crippen LogP contribution is -2.36. The monoisotopic (exact) mass is 389 g/mol. The maximum Gasteiger partial charge on any atom is 0.323 e. The van der Waals surface area contributed by atoms with Crippen molar-refractivity contribution in [1.29, 1.82) is 0 Å². The summed E-state index contributed by atoms with van der Waals surface area (Å²) in [6.07, 6.45) is 2.29. The zero-order chi connectivity index (χ0) is 20.0. The van der Waals surface area contributed by atoms with E-state index in [1.54, 1.807) is 0 Å². The molecule has 5 heteroatoms. The van der Waals surface area contributed by atoms with Crippen LogP contribution >= 0.6 is 0 Å². The van der Waals surface area contributed by atoms with Crippen LogP contribution < -0.4 is 0 Å². The molecule has 3 aliphatic rings. The second kappa shape index (κ2) is 7.16. The van der Waals surface area contributed by atoms with E-state index >= 15 is 0 Å². The van der Waals surface area contributed by atoms with E-state index in [1.807, 2.05) is 24.3 Å². The number of hydrogen-bond donors (Lipinski definition) is 0. The van der Waals surface area contributed by atoms with Crippen molar-refractivity contribution < 1.29 is 19.1 Å². The molecule has 0 spiro atoms. The van der Waals surface area contributed by atoms with E-state index < -0.39 is 0 Å². The lowest BCUT2D eigenvalue weighted by molar-refractivity contribution is -0.146. The summed E-state index contributed by atoms with van der Waals surface area (Å²) in [7, 11) is 1.45. The van der Waals surface area contributed by atoms with E-state index in [2.05, 4.69) is 23.1 Å². The van der Waals surface area contributed by atoms with Crippen molar-refractivity contribution in [1.82, 2.24) is 4.90 Å². The van der Waals surface area contributed by atoms with Crippen molar-refractivity contribution in [2.24, 2.45) is 0 Å². The smallest absolute Gasteiger partial charge is 0.323 e. The lowest BCUT2D eigenvalue weighted by atomic mass is 9.99. The predicted molar refractivity (Wildman–Crippen MR) is 109 cm³/mol. The summed E-state index contributed by atoms with van der Waals surface area (Å²) >= 11 is 0. The van der Waals surface area contributed by atoms with Crippen molar-refractivity contribution in [3.05, 3.63) is 70.3 Å². The zero-order valence-corrected chi connectivity index (χ0v) is 16.4. The van der Waals surface area contributed by atoms with Crippen LogP contribution in [0.2, 0.25) is 0 Å². The zero-order valence-electron chi connectivity index (χ0n) is 16.4. The Morgan fingerprint density at radius 3 is 2.90 bits per heavy atom. The largest absolute Gasteiger partial charge is 0.487 e. The third-order valence-electron chi connectivity index (χ3n) is 6.15. The Labute approximate surface area is 169 Å². The molecule has 1 aliphatic carbocycles. The summed E-state index contributed by atoms with van der Waals surface area (Å²) in [6, 6.07) is 14.0. The van der Waals surface area contributed by atoms with Gasteiger partial charge in [0, 0.05) is 24.1 Å². The first-order valence-corrected chi connectivity index (χ1v) is 10.1. The fraction of sp³-hybridized carbons (Fsp3) is 0.333. The number of ketones is 1. The normalized spacial score (nSPS) is 23.1. The number of rotatable bonds is 3. The number of benzene rings is 2. The fourth-order valence-corrected chi connectivity index (χ4v) is 4.75. The minimum absolute atomic E-state index is 0.121. The number of ether oxygens (including phenoxy) is 2. The number of carbonyl (C=O) groups excluding carboxylic acids is 2. The van der Waals surface area contributed by atoms with Crippen LogP contribution in [0.15, 0.2) is 42.5 Å². The van der Waals surface area contributed by atoms with Crippen molar-refractivity contribution in [3.63, 3.8) is 0 Å². The molecule has 0 aromatic heterocycles. The van der Waals surface area contributed by atoms with Crippen LogP contribution in [0.25, 0.3) is 11.3 Å². The van der Waals surface area contributed by atoms with Crippen LogP contribution in [-0.4, -0.2) is 36.3 Å². The van der Waals surface area contributed by atoms with E-state index in [-0.39, 0.29) is 17.8 Å². The van der Waals surface area contributed by atoms with Crippen molar-refractivity contribution in [2.45, 2.75) is 38.5 Å². The van der Waals surface area contributed by atoms with Crippen LogP contribution in [0.1, 0.15) is 40.7 Å². The standard InChI is InChI=1S/C24H23NO4/c1-28-24(27)20-7-4-10-25(20)13-15-8-9-19-17(11-15)14-29-23(19)22-18-6-3-2-5-16(18)12-21(22)26/h2-3,5-6,8-9,11,20H,4,7,10,12-14H2,1H3/b23-22+/t20-/m0/s1. The van der Waals surface area contributed by atoms with E-state index in [0.29, 0.717) is 30.9 Å². The van der Waals surface area contributed by atoms with Gasteiger partial charge in [-0.15, -0.1) is 0 Å². The first-order chi connectivity index (χ1) is 14.2. The molecule has 1 saturated heterocycles. The van der Waals surface area contributed by atoms with Gasteiger partial charge in [0.05, 0.1) is 12.7 Å². The van der Waals surface area contributed by atoms with Crippen molar-refractivity contribution in [2.75, 3.05) is 13.7 Å². The van der Waals surface area contributed by atoms with Gasteiger partial charge in [-0.2, -0.15) is 0 Å². The Morgan fingerprint density at radius 1 is 1.17 bits per heavy atom. The van der Waals surface area contributed by atoms with Gasteiger partial charge in [0.1, 0.15) is 18.4 Å². The van der Waals surface area contributed by atoms with Crippen LogP contribution in [0.3, 0.4) is 0 Å². The first kappa shape index (κ1) is 18.1. The Bertz CT molecular complexity index is 1040. The third kappa shape index (κ3) is 3.06. The SMILES string of the molecule is COC(=O)[C@@H]1CCCN1Cc1ccc2c(c1)CO/C2=C1/C(=O)Cc2ccccc21. The number of methoxy groups -OCH3 is 1. The van der Waals surface area contributed by atoms with Gasteiger partial charge in [-0.05, 0) is 36.1 Å². The molecular weight excluding hydrogens is 366 g/mol. The van der Waals surface area contributed by atoms with Crippen LogP contribution in [-0.2, 0) is 38.6 Å². The fourth-order valence-electron chi connectivity index (χ4n) is 4.75. The molecule has 5 rings (SSSR count). The van der Waals surface area contributed by atoms with E-state index in [0.717, 1.165) is 47.2 Å². The predicted octanol–water partition coefficient (Wildman–Crippen LogP) is 3.35. The first-order valence-electron chi connectivity index (χ1n) is 10.1. The Kier molecular flexibility index (Phi) is 4.47. The molecule has 148 valence electrons. The number of hydrogen-bond acceptors (Lipinski definition) is 5. The highest BCUT2D eigenvalue weighted by Crippen LogP contribution is 2.41. The van der Waals surface area contributed by atoms with Gasteiger partial charge in [0.2, 0.25) is 0 Å². The Balaban J connectivity index is 1.44. The highest BCUT2D eigenvalue weighted by atomic mass is 16.5. The van der Waals surface area contributed by atoms with Crippen molar-refractivity contribution >= 4 is 23.1 Å². The maximum absolute atomic E-state index is 12.7. The molecule has 2 aromatic rings. The summed E-state index contributed by atoms with van der Waals surface area (Å²) in [5, 5.41) is 0. The third-order valence-corrected chi connectivity index (χ3v) is 6.15. The van der Waals surface area contributed by atoms with Gasteiger partial charge >= 0.3 is 5.97 Å². The van der Waals surface area contributed by atoms with Gasteiger partial charge in [0.15, 0.2) is 5.78 Å². The minimum Gasteiger partial charge on any atom is -0.487 e. The number of esters is 1. The number of carbonyl (C=O) groups is 2. The molecule has 2 heterocycles. The molecular formula is C24H23NO4. The van der Waals surface area contributed by atoms with Crippen LogP contribution in [0, 0.1) is 0 Å². The second-order valence-electron chi connectivity index (χ2n) is 7.89. The molecule has 0 bridgehead atoms. The van der Waals surface area contributed by atoms with Gasteiger partial charge in [-0.3, -0.25) is 14.5 Å². The molecule has 0 amide bonds. The van der Waals surface area contributed by atoms with Gasteiger partial charge in [0.25, 0.3) is 0 Å². The van der Waals surface area contributed by atoms with Crippen LogP contribution in [0.5, 0.6) is 0 Å². The average molecular weight is 389 g/mol. The second-order valence-corrected chi connectivity index (χ2v) is 7.89. The molecule has 0 radical (unpaired) electrons. The topological polar surface area (TPSA) is 55.8 Å². The van der Waals surface area contributed by atoms with Gasteiger partial charge < -0.3 is 9.47 Å². The molecule has 5 nitrogen and oxygen atoms in total.